The van der Waals surface area contributed by atoms with E-state index in [9.17, 15) is 4.79 Å². The van der Waals surface area contributed by atoms with Crippen LogP contribution in [0, 0.1) is 5.92 Å². The molecule has 2 unspecified atom stereocenters. The predicted octanol–water partition coefficient (Wildman–Crippen LogP) is 3.06. The van der Waals surface area contributed by atoms with E-state index in [1.165, 1.54) is 0 Å². The first-order chi connectivity index (χ1) is 9.56. The molecule has 0 radical (unpaired) electrons. The third kappa shape index (κ3) is 5.61. The van der Waals surface area contributed by atoms with Crippen LogP contribution in [0.3, 0.4) is 0 Å². The third-order valence-corrected chi connectivity index (χ3v) is 3.10. The fraction of sp³-hybridized carbons (Fsp3) is 0.562. The quantitative estimate of drug-likeness (QED) is 0.743. The van der Waals surface area contributed by atoms with Gasteiger partial charge in [-0.25, -0.2) is 0 Å². The Hall–Kier alpha value is -1.55. The Bertz CT molecular complexity index is 403. The Morgan fingerprint density at radius 3 is 2.40 bits per heavy atom. The zero-order valence-electron chi connectivity index (χ0n) is 12.6. The molecule has 0 bridgehead atoms. The van der Waals surface area contributed by atoms with Gasteiger partial charge in [-0.2, -0.15) is 0 Å². The number of esters is 1. The van der Waals surface area contributed by atoms with Crippen LogP contribution in [0.25, 0.3) is 0 Å². The lowest BCUT2D eigenvalue weighted by Gasteiger charge is -2.17. The van der Waals surface area contributed by atoms with Gasteiger partial charge in [0.2, 0.25) is 0 Å². The van der Waals surface area contributed by atoms with Crippen molar-refractivity contribution in [3.63, 3.8) is 0 Å². The fourth-order valence-corrected chi connectivity index (χ4v) is 2.14. The van der Waals surface area contributed by atoms with Gasteiger partial charge in [0.15, 0.2) is 0 Å². The number of nitrogens with two attached hydrogens (primary N) is 1. The molecule has 4 heteroatoms. The summed E-state index contributed by atoms with van der Waals surface area (Å²) in [6, 6.07) is 7.73. The van der Waals surface area contributed by atoms with Crippen molar-refractivity contribution in [2.75, 3.05) is 13.2 Å². The van der Waals surface area contributed by atoms with Crippen molar-refractivity contribution in [2.24, 2.45) is 11.7 Å². The minimum Gasteiger partial charge on any atom is -0.494 e. The summed E-state index contributed by atoms with van der Waals surface area (Å²) in [4.78, 5) is 11.4. The average molecular weight is 279 g/mol. The highest BCUT2D eigenvalue weighted by Crippen LogP contribution is 2.23. The van der Waals surface area contributed by atoms with Crippen LogP contribution >= 0.6 is 0 Å². The minimum absolute atomic E-state index is 0.0740. The maximum Gasteiger partial charge on any atom is 0.306 e. The first-order valence-electron chi connectivity index (χ1n) is 7.20. The van der Waals surface area contributed by atoms with Gasteiger partial charge in [-0.15, -0.1) is 0 Å². The molecular weight excluding hydrogens is 254 g/mol. The van der Waals surface area contributed by atoms with Crippen LogP contribution in [0.5, 0.6) is 5.75 Å². The molecule has 0 spiro atoms. The minimum atomic E-state index is -0.154. The lowest BCUT2D eigenvalue weighted by Crippen LogP contribution is -2.17. The molecule has 1 aromatic carbocycles. The molecular formula is C16H25NO3. The van der Waals surface area contributed by atoms with Crippen LogP contribution in [0.15, 0.2) is 24.3 Å². The topological polar surface area (TPSA) is 61.5 Å². The highest BCUT2D eigenvalue weighted by atomic mass is 16.5. The van der Waals surface area contributed by atoms with E-state index in [4.69, 9.17) is 15.2 Å². The van der Waals surface area contributed by atoms with Crippen LogP contribution in [-0.2, 0) is 9.53 Å². The highest BCUT2D eigenvalue weighted by Gasteiger charge is 2.15. The second kappa shape index (κ2) is 8.59. The van der Waals surface area contributed by atoms with Crippen molar-refractivity contribution in [1.82, 2.24) is 0 Å². The van der Waals surface area contributed by atoms with E-state index in [2.05, 4.69) is 0 Å². The van der Waals surface area contributed by atoms with Crippen molar-refractivity contribution in [1.29, 1.82) is 0 Å². The molecule has 0 aliphatic carbocycles. The molecule has 1 aromatic rings. The molecule has 1 rings (SSSR count). The van der Waals surface area contributed by atoms with Crippen molar-refractivity contribution in [3.05, 3.63) is 29.8 Å². The van der Waals surface area contributed by atoms with E-state index in [1.807, 2.05) is 45.0 Å². The number of hydrogen-bond acceptors (Lipinski definition) is 4. The summed E-state index contributed by atoms with van der Waals surface area (Å²) in [6.45, 7) is 6.87. The van der Waals surface area contributed by atoms with E-state index < -0.39 is 0 Å². The summed E-state index contributed by atoms with van der Waals surface area (Å²) >= 11 is 0. The third-order valence-electron chi connectivity index (χ3n) is 3.10. The average Bonchev–Trinajstić information content (AvgIpc) is 2.39. The van der Waals surface area contributed by atoms with Crippen molar-refractivity contribution >= 4 is 5.97 Å². The fourth-order valence-electron chi connectivity index (χ4n) is 2.14. The van der Waals surface area contributed by atoms with Gasteiger partial charge in [0.25, 0.3) is 0 Å². The summed E-state index contributed by atoms with van der Waals surface area (Å²) in [5.41, 5.74) is 7.24. The molecule has 0 aromatic heterocycles. The van der Waals surface area contributed by atoms with Crippen molar-refractivity contribution < 1.29 is 14.3 Å². The molecule has 0 amide bonds. The van der Waals surface area contributed by atoms with E-state index >= 15 is 0 Å². The van der Waals surface area contributed by atoms with Gasteiger partial charge in [0.1, 0.15) is 5.75 Å². The van der Waals surface area contributed by atoms with Gasteiger partial charge in [-0.1, -0.05) is 19.1 Å². The monoisotopic (exact) mass is 279 g/mol. The van der Waals surface area contributed by atoms with Crippen LogP contribution in [0.4, 0.5) is 0 Å². The van der Waals surface area contributed by atoms with Gasteiger partial charge >= 0.3 is 5.97 Å². The zero-order chi connectivity index (χ0) is 15.0. The van der Waals surface area contributed by atoms with Crippen molar-refractivity contribution in [2.45, 2.75) is 39.7 Å². The molecule has 20 heavy (non-hydrogen) atoms. The second-order valence-electron chi connectivity index (χ2n) is 4.96. The number of hydrogen-bond donors (Lipinski definition) is 1. The molecule has 0 saturated carbocycles. The summed E-state index contributed by atoms with van der Waals surface area (Å²) < 4.78 is 10.3. The lowest BCUT2D eigenvalue weighted by molar-refractivity contribution is -0.144. The smallest absolute Gasteiger partial charge is 0.306 e. The Kier molecular flexibility index (Phi) is 7.09. The molecule has 0 heterocycles. The normalized spacial score (nSPS) is 13.6. The van der Waals surface area contributed by atoms with Gasteiger partial charge in [-0.05, 0) is 43.9 Å². The molecule has 0 fully saturated rings. The summed E-state index contributed by atoms with van der Waals surface area (Å²) in [7, 11) is 0. The first kappa shape index (κ1) is 16.5. The van der Waals surface area contributed by atoms with Gasteiger partial charge < -0.3 is 15.2 Å². The Morgan fingerprint density at radius 2 is 1.85 bits per heavy atom. The molecule has 0 aliphatic rings. The molecule has 2 atom stereocenters. The van der Waals surface area contributed by atoms with E-state index in [0.717, 1.165) is 17.7 Å². The summed E-state index contributed by atoms with van der Waals surface area (Å²) in [6.07, 6.45) is 1.17. The standard InChI is InChI=1S/C16H25NO3/c1-4-19-14-8-6-13(7-9-14)15(17)10-12(3)11-16(18)20-5-2/h6-9,12,15H,4-5,10-11,17H2,1-3H3. The number of carbonyl (C=O) groups excluding carboxylic acids is 1. The molecule has 4 nitrogen and oxygen atoms in total. The van der Waals surface area contributed by atoms with Gasteiger partial charge in [-0.3, -0.25) is 4.79 Å². The number of rotatable bonds is 8. The summed E-state index contributed by atoms with van der Waals surface area (Å²) in [5, 5.41) is 0. The van der Waals surface area contributed by atoms with E-state index in [0.29, 0.717) is 19.6 Å². The van der Waals surface area contributed by atoms with E-state index in [1.54, 1.807) is 0 Å². The number of benzene rings is 1. The van der Waals surface area contributed by atoms with Crippen LogP contribution in [0.1, 0.15) is 45.2 Å². The second-order valence-corrected chi connectivity index (χ2v) is 4.96. The molecule has 0 aliphatic heterocycles. The van der Waals surface area contributed by atoms with E-state index in [-0.39, 0.29) is 17.9 Å². The highest BCUT2D eigenvalue weighted by molar-refractivity contribution is 5.69. The lowest BCUT2D eigenvalue weighted by atomic mass is 9.94. The zero-order valence-corrected chi connectivity index (χ0v) is 12.6. The van der Waals surface area contributed by atoms with Crippen LogP contribution in [0.2, 0.25) is 0 Å². The summed E-state index contributed by atoms with van der Waals surface area (Å²) in [5.74, 6) is 0.900. The first-order valence-corrected chi connectivity index (χ1v) is 7.20. The predicted molar refractivity (Wildman–Crippen MR) is 79.6 cm³/mol. The number of ether oxygens (including phenoxy) is 2. The molecule has 112 valence electrons. The molecule has 0 saturated heterocycles. The largest absolute Gasteiger partial charge is 0.494 e. The van der Waals surface area contributed by atoms with Gasteiger partial charge in [0, 0.05) is 12.5 Å². The Morgan fingerprint density at radius 1 is 1.20 bits per heavy atom. The van der Waals surface area contributed by atoms with Gasteiger partial charge in [0.05, 0.1) is 13.2 Å². The van der Waals surface area contributed by atoms with Crippen molar-refractivity contribution in [3.8, 4) is 5.75 Å². The maximum atomic E-state index is 11.4. The Labute approximate surface area is 121 Å². The van der Waals surface area contributed by atoms with Crippen LogP contribution < -0.4 is 10.5 Å². The van der Waals surface area contributed by atoms with Crippen LogP contribution in [-0.4, -0.2) is 19.2 Å². The SMILES string of the molecule is CCOC(=O)CC(C)CC(N)c1ccc(OCC)cc1. The maximum absolute atomic E-state index is 11.4. The molecule has 2 N–H and O–H groups in total. The Balaban J connectivity index is 2.48. The number of carbonyl (C=O) groups is 1.